The zero-order chi connectivity index (χ0) is 15.2. The van der Waals surface area contributed by atoms with E-state index >= 15 is 0 Å². The van der Waals surface area contributed by atoms with Crippen LogP contribution in [0.5, 0.6) is 0 Å². The molecule has 1 amide bonds. The van der Waals surface area contributed by atoms with Crippen molar-refractivity contribution in [2.24, 2.45) is 0 Å². The molecule has 2 heterocycles. The van der Waals surface area contributed by atoms with Crippen molar-refractivity contribution in [3.05, 3.63) is 50.4 Å². The molecule has 0 fully saturated rings. The molecule has 0 unspecified atom stereocenters. The Morgan fingerprint density at radius 1 is 1.33 bits per heavy atom. The van der Waals surface area contributed by atoms with Crippen molar-refractivity contribution in [1.82, 2.24) is 4.90 Å². The molecule has 2 aromatic heterocycles. The number of carboxylic acid groups (broad SMARTS) is 1. The van der Waals surface area contributed by atoms with Gasteiger partial charge in [-0.2, -0.15) is 0 Å². The van der Waals surface area contributed by atoms with E-state index in [1.54, 1.807) is 29.4 Å². The molecule has 4 nitrogen and oxygen atoms in total. The third-order valence-electron chi connectivity index (χ3n) is 2.82. The number of rotatable bonds is 6. The third kappa shape index (κ3) is 4.84. The molecular formula is C15H15NO3S2. The molecule has 0 saturated heterocycles. The fraction of sp³-hybridized carbons (Fsp3) is 0.200. The molecule has 0 aliphatic heterocycles. The average molecular weight is 321 g/mol. The second-order valence-electron chi connectivity index (χ2n) is 4.52. The number of hydrogen-bond acceptors (Lipinski definition) is 4. The van der Waals surface area contributed by atoms with E-state index in [0.29, 0.717) is 13.0 Å². The standard InChI is InChI=1S/C15H15NO3S2/c1-16(14(17)8-12-3-2-6-20-12)9-13-7-11(10-21-13)4-5-15(18)19/h2-7,10H,8-9H2,1H3,(H,18,19). The number of hydrogen-bond donors (Lipinski definition) is 1. The molecule has 0 spiro atoms. The summed E-state index contributed by atoms with van der Waals surface area (Å²) in [4.78, 5) is 26.3. The second kappa shape index (κ2) is 7.19. The van der Waals surface area contributed by atoms with E-state index in [0.717, 1.165) is 21.4 Å². The number of carboxylic acids is 1. The van der Waals surface area contributed by atoms with Gasteiger partial charge in [-0.15, -0.1) is 22.7 Å². The van der Waals surface area contributed by atoms with Crippen LogP contribution in [0.15, 0.2) is 35.0 Å². The van der Waals surface area contributed by atoms with Crippen molar-refractivity contribution in [2.75, 3.05) is 7.05 Å². The molecule has 2 rings (SSSR count). The van der Waals surface area contributed by atoms with Gasteiger partial charge in [-0.3, -0.25) is 4.79 Å². The van der Waals surface area contributed by atoms with E-state index in [1.165, 1.54) is 11.3 Å². The molecule has 1 N–H and O–H groups in total. The fourth-order valence-electron chi connectivity index (χ4n) is 1.75. The van der Waals surface area contributed by atoms with Gasteiger partial charge in [0.2, 0.25) is 5.91 Å². The van der Waals surface area contributed by atoms with Crippen LogP contribution in [0, 0.1) is 0 Å². The van der Waals surface area contributed by atoms with Crippen LogP contribution in [0.2, 0.25) is 0 Å². The van der Waals surface area contributed by atoms with E-state index in [-0.39, 0.29) is 5.91 Å². The highest BCUT2D eigenvalue weighted by Gasteiger charge is 2.11. The Hall–Kier alpha value is -1.92. The number of carbonyl (C=O) groups is 2. The first-order chi connectivity index (χ1) is 10.0. The molecule has 0 bridgehead atoms. The average Bonchev–Trinajstić information content (AvgIpc) is 3.08. The van der Waals surface area contributed by atoms with Crippen LogP contribution in [0.25, 0.3) is 6.08 Å². The summed E-state index contributed by atoms with van der Waals surface area (Å²) in [6.07, 6.45) is 3.08. The molecule has 0 radical (unpaired) electrons. The molecule has 2 aromatic rings. The van der Waals surface area contributed by atoms with Gasteiger partial charge in [0.1, 0.15) is 0 Å². The number of carbonyl (C=O) groups excluding carboxylic acids is 1. The molecule has 0 aromatic carbocycles. The van der Waals surface area contributed by atoms with E-state index in [2.05, 4.69) is 0 Å². The lowest BCUT2D eigenvalue weighted by atomic mass is 10.2. The number of likely N-dealkylation sites (N-methyl/N-ethyl adjacent to an activating group) is 1. The quantitative estimate of drug-likeness (QED) is 0.832. The van der Waals surface area contributed by atoms with Crippen molar-refractivity contribution >= 4 is 40.6 Å². The number of thiophene rings is 2. The van der Waals surface area contributed by atoms with Crippen molar-refractivity contribution in [3.63, 3.8) is 0 Å². The minimum absolute atomic E-state index is 0.0773. The molecule has 0 aliphatic carbocycles. The van der Waals surface area contributed by atoms with Crippen LogP contribution in [0.4, 0.5) is 0 Å². The summed E-state index contributed by atoms with van der Waals surface area (Å²) < 4.78 is 0. The molecular weight excluding hydrogens is 306 g/mol. The van der Waals surface area contributed by atoms with Crippen molar-refractivity contribution in [2.45, 2.75) is 13.0 Å². The highest BCUT2D eigenvalue weighted by atomic mass is 32.1. The van der Waals surface area contributed by atoms with Crippen LogP contribution >= 0.6 is 22.7 Å². The fourth-order valence-corrected chi connectivity index (χ4v) is 3.36. The number of nitrogens with zero attached hydrogens (tertiary/aromatic N) is 1. The molecule has 110 valence electrons. The van der Waals surface area contributed by atoms with Gasteiger partial charge in [0.05, 0.1) is 13.0 Å². The molecule has 0 atom stereocenters. The zero-order valence-corrected chi connectivity index (χ0v) is 13.1. The van der Waals surface area contributed by atoms with E-state index < -0.39 is 5.97 Å². The molecule has 21 heavy (non-hydrogen) atoms. The van der Waals surface area contributed by atoms with Crippen molar-refractivity contribution in [3.8, 4) is 0 Å². The maximum atomic E-state index is 12.1. The highest BCUT2D eigenvalue weighted by Crippen LogP contribution is 2.18. The highest BCUT2D eigenvalue weighted by molar-refractivity contribution is 7.10. The summed E-state index contributed by atoms with van der Waals surface area (Å²) in [6.45, 7) is 0.537. The van der Waals surface area contributed by atoms with Crippen LogP contribution < -0.4 is 0 Å². The van der Waals surface area contributed by atoms with Crippen LogP contribution in [-0.4, -0.2) is 28.9 Å². The summed E-state index contributed by atoms with van der Waals surface area (Å²) in [7, 11) is 1.78. The minimum Gasteiger partial charge on any atom is -0.478 e. The van der Waals surface area contributed by atoms with E-state index in [1.807, 2.05) is 29.0 Å². The van der Waals surface area contributed by atoms with Gasteiger partial charge >= 0.3 is 5.97 Å². The monoisotopic (exact) mass is 321 g/mol. The Bertz CT molecular complexity index is 644. The van der Waals surface area contributed by atoms with Gasteiger partial charge in [-0.25, -0.2) is 4.79 Å². The van der Waals surface area contributed by atoms with Gasteiger partial charge in [0.15, 0.2) is 0 Å². The van der Waals surface area contributed by atoms with Gasteiger partial charge in [0, 0.05) is 22.9 Å². The summed E-state index contributed by atoms with van der Waals surface area (Å²) in [6, 6.07) is 5.79. The molecule has 0 saturated carbocycles. The van der Waals surface area contributed by atoms with Crippen LogP contribution in [0.1, 0.15) is 15.3 Å². The Balaban J connectivity index is 1.91. The first kappa shape index (κ1) is 15.5. The summed E-state index contributed by atoms with van der Waals surface area (Å²) in [5.41, 5.74) is 0.844. The smallest absolute Gasteiger partial charge is 0.328 e. The Kier molecular flexibility index (Phi) is 5.30. The lowest BCUT2D eigenvalue weighted by Crippen LogP contribution is -2.27. The first-order valence-electron chi connectivity index (χ1n) is 6.29. The normalized spacial score (nSPS) is 10.9. The Labute approximate surface area is 131 Å². The number of aliphatic carboxylic acids is 1. The predicted molar refractivity (Wildman–Crippen MR) is 85.5 cm³/mol. The van der Waals surface area contributed by atoms with Crippen LogP contribution in [0.3, 0.4) is 0 Å². The summed E-state index contributed by atoms with van der Waals surface area (Å²) in [5, 5.41) is 12.4. The summed E-state index contributed by atoms with van der Waals surface area (Å²) in [5.74, 6) is -0.889. The molecule has 6 heteroatoms. The van der Waals surface area contributed by atoms with Crippen molar-refractivity contribution < 1.29 is 14.7 Å². The number of amides is 1. The Morgan fingerprint density at radius 2 is 2.14 bits per heavy atom. The van der Waals surface area contributed by atoms with Gasteiger partial charge < -0.3 is 10.0 Å². The van der Waals surface area contributed by atoms with E-state index in [4.69, 9.17) is 5.11 Å². The maximum absolute atomic E-state index is 12.1. The van der Waals surface area contributed by atoms with Gasteiger partial charge in [0.25, 0.3) is 0 Å². The zero-order valence-electron chi connectivity index (χ0n) is 11.5. The largest absolute Gasteiger partial charge is 0.478 e. The van der Waals surface area contributed by atoms with Crippen molar-refractivity contribution in [1.29, 1.82) is 0 Å². The SMILES string of the molecule is CN(Cc1cc(C=CC(=O)O)cs1)C(=O)Cc1cccs1. The lowest BCUT2D eigenvalue weighted by Gasteiger charge is -2.15. The second-order valence-corrected chi connectivity index (χ2v) is 6.55. The van der Waals surface area contributed by atoms with Gasteiger partial charge in [-0.1, -0.05) is 6.07 Å². The van der Waals surface area contributed by atoms with Gasteiger partial charge in [-0.05, 0) is 34.5 Å². The topological polar surface area (TPSA) is 57.6 Å². The Morgan fingerprint density at radius 3 is 2.81 bits per heavy atom. The maximum Gasteiger partial charge on any atom is 0.328 e. The predicted octanol–water partition coefficient (Wildman–Crippen LogP) is 3.11. The minimum atomic E-state index is -0.967. The lowest BCUT2D eigenvalue weighted by molar-refractivity contribution is -0.131. The van der Waals surface area contributed by atoms with Crippen LogP contribution in [-0.2, 0) is 22.6 Å². The molecule has 0 aliphatic rings. The third-order valence-corrected chi connectivity index (χ3v) is 4.63. The summed E-state index contributed by atoms with van der Waals surface area (Å²) >= 11 is 3.10. The first-order valence-corrected chi connectivity index (χ1v) is 8.05. The van der Waals surface area contributed by atoms with E-state index in [9.17, 15) is 9.59 Å².